The molecule has 0 bridgehead atoms. The molecule has 1 heterocycles. The molecule has 3 N–H and O–H groups in total. The number of anilines is 1. The number of H-pyrrole nitrogens is 1. The van der Waals surface area contributed by atoms with E-state index < -0.39 is 5.91 Å². The maximum Gasteiger partial charge on any atom is 0.258 e. The van der Waals surface area contributed by atoms with Crippen molar-refractivity contribution >= 4 is 63.2 Å². The molecule has 0 spiro atoms. The average Bonchev–Trinajstić information content (AvgIpc) is 3.14. The largest absolute Gasteiger partial charge is 0.338 e. The van der Waals surface area contributed by atoms with Crippen LogP contribution in [0.25, 0.3) is 22.4 Å². The van der Waals surface area contributed by atoms with Crippen LogP contribution in [-0.2, 0) is 0 Å². The Balaban J connectivity index is 1.54. The van der Waals surface area contributed by atoms with E-state index in [9.17, 15) is 4.79 Å². The Morgan fingerprint density at radius 3 is 2.52 bits per heavy atom. The molecule has 1 amide bonds. The lowest BCUT2D eigenvalue weighted by atomic mass is 10.2. The van der Waals surface area contributed by atoms with Crippen molar-refractivity contribution < 1.29 is 4.79 Å². The summed E-state index contributed by atoms with van der Waals surface area (Å²) in [5.41, 5.74) is 3.52. The van der Waals surface area contributed by atoms with Crippen molar-refractivity contribution in [1.29, 1.82) is 0 Å². The van der Waals surface area contributed by atoms with Crippen molar-refractivity contribution in [2.24, 2.45) is 0 Å². The van der Waals surface area contributed by atoms with Gasteiger partial charge in [0.05, 0.1) is 32.3 Å². The van der Waals surface area contributed by atoms with Gasteiger partial charge in [-0.3, -0.25) is 10.1 Å². The highest BCUT2D eigenvalue weighted by molar-refractivity contribution is 7.80. The zero-order chi connectivity index (χ0) is 20.4. The minimum absolute atomic E-state index is 0.110. The molecule has 0 unspecified atom stereocenters. The van der Waals surface area contributed by atoms with E-state index in [0.29, 0.717) is 27.1 Å². The van der Waals surface area contributed by atoms with Gasteiger partial charge in [-0.15, -0.1) is 0 Å². The lowest BCUT2D eigenvalue weighted by molar-refractivity contribution is 0.0978. The SMILES string of the molecule is O=C(NC(=S)Nc1cc(-c2nc3ccccc3[nH]2)ccc1Cl)c1ccccc1Cl. The zero-order valence-corrected chi connectivity index (χ0v) is 17.2. The van der Waals surface area contributed by atoms with Crippen LogP contribution in [0.3, 0.4) is 0 Å². The minimum Gasteiger partial charge on any atom is -0.338 e. The summed E-state index contributed by atoms with van der Waals surface area (Å²) >= 11 is 17.6. The molecule has 144 valence electrons. The summed E-state index contributed by atoms with van der Waals surface area (Å²) in [5.74, 6) is 0.301. The Morgan fingerprint density at radius 1 is 0.966 bits per heavy atom. The standard InChI is InChI=1S/C21H14Cl2N4OS/c22-14-6-2-1-5-13(14)20(28)27-21(29)26-18-11-12(9-10-15(18)23)19-24-16-7-3-4-8-17(16)25-19/h1-11H,(H,24,25)(H2,26,27,28,29). The maximum atomic E-state index is 12.4. The van der Waals surface area contributed by atoms with Gasteiger partial charge in [0.25, 0.3) is 5.91 Å². The smallest absolute Gasteiger partial charge is 0.258 e. The van der Waals surface area contributed by atoms with Crippen LogP contribution in [-0.4, -0.2) is 21.0 Å². The van der Waals surface area contributed by atoms with Crippen LogP contribution >= 0.6 is 35.4 Å². The van der Waals surface area contributed by atoms with Crippen LogP contribution in [0.2, 0.25) is 10.0 Å². The predicted octanol–water partition coefficient (Wildman–Crippen LogP) is 5.66. The highest BCUT2D eigenvalue weighted by atomic mass is 35.5. The summed E-state index contributed by atoms with van der Waals surface area (Å²) in [5, 5.41) is 6.48. The number of halogens is 2. The second kappa shape index (κ2) is 8.21. The van der Waals surface area contributed by atoms with E-state index in [2.05, 4.69) is 20.6 Å². The lowest BCUT2D eigenvalue weighted by Crippen LogP contribution is -2.34. The summed E-state index contributed by atoms with van der Waals surface area (Å²) in [6.07, 6.45) is 0. The second-order valence-corrected chi connectivity index (χ2v) is 7.41. The fourth-order valence-electron chi connectivity index (χ4n) is 2.83. The molecule has 3 aromatic carbocycles. The first-order valence-electron chi connectivity index (χ1n) is 8.63. The van der Waals surface area contributed by atoms with E-state index in [1.165, 1.54) is 0 Å². The molecule has 4 rings (SSSR count). The van der Waals surface area contributed by atoms with Gasteiger partial charge in [0.15, 0.2) is 5.11 Å². The summed E-state index contributed by atoms with van der Waals surface area (Å²) in [6.45, 7) is 0. The Hall–Kier alpha value is -2.93. The van der Waals surface area contributed by atoms with Gasteiger partial charge in [0.2, 0.25) is 0 Å². The number of fused-ring (bicyclic) bond motifs is 1. The van der Waals surface area contributed by atoms with Gasteiger partial charge in [-0.05, 0) is 54.7 Å². The first kappa shape index (κ1) is 19.4. The number of hydrogen-bond donors (Lipinski definition) is 3. The second-order valence-electron chi connectivity index (χ2n) is 6.19. The Morgan fingerprint density at radius 2 is 1.72 bits per heavy atom. The van der Waals surface area contributed by atoms with E-state index >= 15 is 0 Å². The van der Waals surface area contributed by atoms with E-state index in [1.54, 1.807) is 30.3 Å². The summed E-state index contributed by atoms with van der Waals surface area (Å²) < 4.78 is 0. The first-order valence-corrected chi connectivity index (χ1v) is 9.79. The fraction of sp³-hybridized carbons (Fsp3) is 0. The third-order valence-electron chi connectivity index (χ3n) is 4.22. The van der Waals surface area contributed by atoms with E-state index in [-0.39, 0.29) is 5.11 Å². The zero-order valence-electron chi connectivity index (χ0n) is 14.9. The number of nitrogens with one attached hydrogen (secondary N) is 3. The van der Waals surface area contributed by atoms with Crippen molar-refractivity contribution in [1.82, 2.24) is 15.3 Å². The molecule has 0 aliphatic rings. The molecule has 5 nitrogen and oxygen atoms in total. The monoisotopic (exact) mass is 440 g/mol. The molecule has 29 heavy (non-hydrogen) atoms. The molecule has 0 radical (unpaired) electrons. The molecule has 0 fully saturated rings. The molecular weight excluding hydrogens is 427 g/mol. The van der Waals surface area contributed by atoms with Gasteiger partial charge in [-0.1, -0.05) is 47.5 Å². The van der Waals surface area contributed by atoms with E-state index in [1.807, 2.05) is 36.4 Å². The number of nitrogens with zero attached hydrogens (tertiary/aromatic N) is 1. The quantitative estimate of drug-likeness (QED) is 0.359. The van der Waals surface area contributed by atoms with Crippen molar-refractivity contribution in [3.63, 3.8) is 0 Å². The minimum atomic E-state index is -0.405. The molecule has 8 heteroatoms. The topological polar surface area (TPSA) is 69.8 Å². The van der Waals surface area contributed by atoms with Crippen LogP contribution < -0.4 is 10.6 Å². The highest BCUT2D eigenvalue weighted by Gasteiger charge is 2.13. The number of benzene rings is 3. The van der Waals surface area contributed by atoms with E-state index in [0.717, 1.165) is 16.6 Å². The highest BCUT2D eigenvalue weighted by Crippen LogP contribution is 2.28. The van der Waals surface area contributed by atoms with Crippen LogP contribution in [0.4, 0.5) is 5.69 Å². The summed E-state index contributed by atoms with van der Waals surface area (Å²) in [6, 6.07) is 19.9. The number of imidazole rings is 1. The number of hydrogen-bond acceptors (Lipinski definition) is 3. The normalized spacial score (nSPS) is 10.7. The van der Waals surface area contributed by atoms with Gasteiger partial charge in [-0.25, -0.2) is 4.98 Å². The molecule has 0 atom stereocenters. The number of para-hydroxylation sites is 2. The van der Waals surface area contributed by atoms with Gasteiger partial charge < -0.3 is 10.3 Å². The van der Waals surface area contributed by atoms with Gasteiger partial charge >= 0.3 is 0 Å². The van der Waals surface area contributed by atoms with Crippen molar-refractivity contribution in [2.45, 2.75) is 0 Å². The van der Waals surface area contributed by atoms with Crippen LogP contribution in [0.1, 0.15) is 10.4 Å². The molecular formula is C21H14Cl2N4OS. The molecule has 0 saturated carbocycles. The third-order valence-corrected chi connectivity index (χ3v) is 5.09. The Kier molecular flexibility index (Phi) is 5.49. The number of rotatable bonds is 3. The first-order chi connectivity index (χ1) is 14.0. The van der Waals surface area contributed by atoms with Gasteiger partial charge in [-0.2, -0.15) is 0 Å². The van der Waals surface area contributed by atoms with Crippen molar-refractivity contribution in [3.8, 4) is 11.4 Å². The summed E-state index contributed by atoms with van der Waals surface area (Å²) in [7, 11) is 0. The van der Waals surface area contributed by atoms with Crippen molar-refractivity contribution in [2.75, 3.05) is 5.32 Å². The van der Waals surface area contributed by atoms with Crippen LogP contribution in [0.5, 0.6) is 0 Å². The summed E-state index contributed by atoms with van der Waals surface area (Å²) in [4.78, 5) is 20.2. The predicted molar refractivity (Wildman–Crippen MR) is 122 cm³/mol. The molecule has 0 aliphatic carbocycles. The Bertz CT molecular complexity index is 1210. The Labute approximate surface area is 182 Å². The number of carbonyl (C=O) groups is 1. The van der Waals surface area contributed by atoms with E-state index in [4.69, 9.17) is 35.4 Å². The molecule has 0 saturated heterocycles. The van der Waals surface area contributed by atoms with Crippen LogP contribution in [0, 0.1) is 0 Å². The molecule has 0 aliphatic heterocycles. The maximum absolute atomic E-state index is 12.4. The number of carbonyl (C=O) groups excluding carboxylic acids is 1. The molecule has 4 aromatic rings. The van der Waals surface area contributed by atoms with Crippen LogP contribution in [0.15, 0.2) is 66.7 Å². The van der Waals surface area contributed by atoms with Gasteiger partial charge in [0, 0.05) is 5.56 Å². The van der Waals surface area contributed by atoms with Gasteiger partial charge in [0.1, 0.15) is 5.82 Å². The number of thiocarbonyl (C=S) groups is 1. The average molecular weight is 441 g/mol. The van der Waals surface area contributed by atoms with Crippen molar-refractivity contribution in [3.05, 3.63) is 82.3 Å². The third kappa shape index (κ3) is 4.24. The molecule has 1 aromatic heterocycles. The number of aromatic amines is 1. The number of amides is 1. The number of aromatic nitrogens is 2. The fourth-order valence-corrected chi connectivity index (χ4v) is 3.42. The lowest BCUT2D eigenvalue weighted by Gasteiger charge is -2.12.